The molecule has 2 amide bonds. The highest BCUT2D eigenvalue weighted by Gasteiger charge is 2.35. The number of piperidine rings is 1. The van der Waals surface area contributed by atoms with Gasteiger partial charge in [0.15, 0.2) is 6.61 Å². The number of anilines is 2. The van der Waals surface area contributed by atoms with Crippen LogP contribution in [0.15, 0.2) is 53.4 Å². The Hall–Kier alpha value is -2.91. The van der Waals surface area contributed by atoms with E-state index in [1.807, 2.05) is 37.3 Å². The largest absolute Gasteiger partial charge is 0.482 e. The number of carbonyl (C=O) groups excluding carboxylic acids is 2. The van der Waals surface area contributed by atoms with Crippen LogP contribution in [-0.4, -0.2) is 50.8 Å². The number of sulfonamides is 1. The molecule has 0 aliphatic carbocycles. The van der Waals surface area contributed by atoms with E-state index in [1.165, 1.54) is 16.4 Å². The maximum absolute atomic E-state index is 13.3. The minimum absolute atomic E-state index is 0.0697. The van der Waals surface area contributed by atoms with Crippen molar-refractivity contribution in [3.63, 3.8) is 0 Å². The van der Waals surface area contributed by atoms with Crippen molar-refractivity contribution in [1.29, 1.82) is 0 Å². The van der Waals surface area contributed by atoms with Crippen LogP contribution in [0.1, 0.15) is 19.8 Å². The fourth-order valence-corrected chi connectivity index (χ4v) is 5.58. The van der Waals surface area contributed by atoms with Gasteiger partial charge in [-0.1, -0.05) is 18.2 Å². The Labute approximate surface area is 181 Å². The van der Waals surface area contributed by atoms with Gasteiger partial charge in [0.05, 0.1) is 16.5 Å². The van der Waals surface area contributed by atoms with Crippen molar-refractivity contribution in [1.82, 2.24) is 4.31 Å². The molecule has 0 spiro atoms. The fourth-order valence-electron chi connectivity index (χ4n) is 4.03. The van der Waals surface area contributed by atoms with Gasteiger partial charge in [0.25, 0.3) is 5.91 Å². The number of ether oxygens (including phenoxy) is 1. The molecule has 4 rings (SSSR count). The van der Waals surface area contributed by atoms with Crippen molar-refractivity contribution in [3.05, 3.63) is 48.5 Å². The van der Waals surface area contributed by atoms with Gasteiger partial charge in [-0.15, -0.1) is 0 Å². The number of nitrogens with one attached hydrogen (secondary N) is 1. The van der Waals surface area contributed by atoms with Crippen LogP contribution in [-0.2, 0) is 19.6 Å². The first-order valence-corrected chi connectivity index (χ1v) is 11.8. The molecule has 8 nitrogen and oxygen atoms in total. The first-order chi connectivity index (χ1) is 14.9. The van der Waals surface area contributed by atoms with Gasteiger partial charge in [-0.05, 0) is 50.1 Å². The third-order valence-corrected chi connectivity index (χ3v) is 7.47. The molecule has 0 unspecified atom stereocenters. The van der Waals surface area contributed by atoms with E-state index in [0.717, 1.165) is 5.69 Å². The Morgan fingerprint density at radius 1 is 1.23 bits per heavy atom. The molecule has 0 saturated carbocycles. The first-order valence-electron chi connectivity index (χ1n) is 10.3. The second-order valence-corrected chi connectivity index (χ2v) is 9.55. The zero-order chi connectivity index (χ0) is 22.0. The van der Waals surface area contributed by atoms with Crippen molar-refractivity contribution in [2.24, 2.45) is 5.92 Å². The van der Waals surface area contributed by atoms with Crippen LogP contribution in [0.2, 0.25) is 0 Å². The normalized spacial score (nSPS) is 19.1. The van der Waals surface area contributed by atoms with E-state index in [4.69, 9.17) is 4.74 Å². The first kappa shape index (κ1) is 21.3. The lowest BCUT2D eigenvalue weighted by Crippen LogP contribution is -2.46. The summed E-state index contributed by atoms with van der Waals surface area (Å²) in [6, 6.07) is 13.8. The van der Waals surface area contributed by atoms with Gasteiger partial charge < -0.3 is 15.0 Å². The summed E-state index contributed by atoms with van der Waals surface area (Å²) in [6.07, 6.45) is 1.25. The molecular formula is C22H25N3O5S. The molecule has 0 radical (unpaired) electrons. The average molecular weight is 444 g/mol. The summed E-state index contributed by atoms with van der Waals surface area (Å²) in [4.78, 5) is 26.6. The number of fused-ring (bicyclic) bond motifs is 1. The molecule has 9 heteroatoms. The van der Waals surface area contributed by atoms with E-state index < -0.39 is 15.9 Å². The number of rotatable bonds is 5. The van der Waals surface area contributed by atoms with Crippen molar-refractivity contribution in [3.8, 4) is 5.75 Å². The summed E-state index contributed by atoms with van der Waals surface area (Å²) in [5, 5.41) is 2.64. The molecule has 0 aromatic heterocycles. The third-order valence-electron chi connectivity index (χ3n) is 5.61. The summed E-state index contributed by atoms with van der Waals surface area (Å²) in [5.41, 5.74) is 1.14. The minimum atomic E-state index is -3.82. The Kier molecular flexibility index (Phi) is 5.97. The van der Waals surface area contributed by atoms with E-state index in [9.17, 15) is 18.0 Å². The molecule has 31 heavy (non-hydrogen) atoms. The Morgan fingerprint density at radius 3 is 2.74 bits per heavy atom. The number of carbonyl (C=O) groups is 2. The standard InChI is InChI=1S/C22H25N3O5S/c1-2-25(17-8-4-3-5-9-17)22(27)16-7-6-12-24(14-16)31(28,29)18-10-11-20-19(13-18)23-21(26)15-30-20/h3-5,8-11,13,16H,2,6-7,12,14-15H2,1H3,(H,23,26)/t16-/m1/s1. The predicted octanol–water partition coefficient (Wildman–Crippen LogP) is 2.47. The molecule has 2 aliphatic heterocycles. The lowest BCUT2D eigenvalue weighted by molar-refractivity contribution is -0.123. The fraction of sp³-hybridized carbons (Fsp3) is 0.364. The van der Waals surface area contributed by atoms with Gasteiger partial charge in [0, 0.05) is 25.3 Å². The van der Waals surface area contributed by atoms with Crippen LogP contribution in [0.4, 0.5) is 11.4 Å². The third kappa shape index (κ3) is 4.28. The summed E-state index contributed by atoms with van der Waals surface area (Å²) in [5.74, 6) is -0.373. The molecule has 1 atom stereocenters. The van der Waals surface area contributed by atoms with Crippen LogP contribution in [0.25, 0.3) is 0 Å². The van der Waals surface area contributed by atoms with Gasteiger partial charge in [0.1, 0.15) is 5.75 Å². The summed E-state index contributed by atoms with van der Waals surface area (Å²) in [7, 11) is -3.82. The quantitative estimate of drug-likeness (QED) is 0.766. The SMILES string of the molecule is CCN(C(=O)[C@@H]1CCCN(S(=O)(=O)c2ccc3c(c2)NC(=O)CO3)C1)c1ccccc1. The van der Waals surface area contributed by atoms with Gasteiger partial charge in [-0.25, -0.2) is 8.42 Å². The van der Waals surface area contributed by atoms with E-state index in [0.29, 0.717) is 37.4 Å². The highest BCUT2D eigenvalue weighted by molar-refractivity contribution is 7.89. The van der Waals surface area contributed by atoms with E-state index in [-0.39, 0.29) is 29.9 Å². The average Bonchev–Trinajstić information content (AvgIpc) is 2.79. The minimum Gasteiger partial charge on any atom is -0.482 e. The molecule has 2 aliphatic rings. The van der Waals surface area contributed by atoms with Gasteiger partial charge in [-0.2, -0.15) is 4.31 Å². The Balaban J connectivity index is 1.54. The summed E-state index contributed by atoms with van der Waals surface area (Å²) in [6.45, 7) is 2.81. The molecule has 2 heterocycles. The highest BCUT2D eigenvalue weighted by Crippen LogP contribution is 2.33. The van der Waals surface area contributed by atoms with Gasteiger partial charge in [-0.3, -0.25) is 9.59 Å². The second-order valence-electron chi connectivity index (χ2n) is 7.62. The van der Waals surface area contributed by atoms with Gasteiger partial charge in [0.2, 0.25) is 15.9 Å². The summed E-state index contributed by atoms with van der Waals surface area (Å²) < 4.78 is 33.2. The number of benzene rings is 2. The second kappa shape index (κ2) is 8.68. The maximum Gasteiger partial charge on any atom is 0.262 e. The van der Waals surface area contributed by atoms with E-state index >= 15 is 0 Å². The monoisotopic (exact) mass is 443 g/mol. The number of nitrogens with zero attached hydrogens (tertiary/aromatic N) is 2. The van der Waals surface area contributed by atoms with Crippen LogP contribution in [0, 0.1) is 5.92 Å². The van der Waals surface area contributed by atoms with Crippen molar-refractivity contribution in [2.75, 3.05) is 36.5 Å². The van der Waals surface area contributed by atoms with Crippen LogP contribution >= 0.6 is 0 Å². The summed E-state index contributed by atoms with van der Waals surface area (Å²) >= 11 is 0. The van der Waals surface area contributed by atoms with Crippen LogP contribution in [0.3, 0.4) is 0 Å². The zero-order valence-electron chi connectivity index (χ0n) is 17.3. The smallest absolute Gasteiger partial charge is 0.262 e. The molecule has 2 aromatic rings. The van der Waals surface area contributed by atoms with E-state index in [1.54, 1.807) is 11.0 Å². The zero-order valence-corrected chi connectivity index (χ0v) is 18.1. The van der Waals surface area contributed by atoms with Crippen molar-refractivity contribution < 1.29 is 22.7 Å². The van der Waals surface area contributed by atoms with Crippen molar-refractivity contribution >= 4 is 33.2 Å². The molecule has 1 N–H and O–H groups in total. The molecular weight excluding hydrogens is 418 g/mol. The molecule has 164 valence electrons. The van der Waals surface area contributed by atoms with E-state index in [2.05, 4.69) is 5.32 Å². The Bertz CT molecular complexity index is 1090. The highest BCUT2D eigenvalue weighted by atomic mass is 32.2. The molecule has 0 bridgehead atoms. The maximum atomic E-state index is 13.3. The van der Waals surface area contributed by atoms with Crippen molar-refractivity contribution in [2.45, 2.75) is 24.7 Å². The molecule has 1 saturated heterocycles. The number of para-hydroxylation sites is 1. The molecule has 1 fully saturated rings. The van der Waals surface area contributed by atoms with Gasteiger partial charge >= 0.3 is 0 Å². The Morgan fingerprint density at radius 2 is 2.00 bits per heavy atom. The number of amides is 2. The predicted molar refractivity (Wildman–Crippen MR) is 117 cm³/mol. The number of hydrogen-bond acceptors (Lipinski definition) is 5. The lowest BCUT2D eigenvalue weighted by atomic mass is 9.97. The lowest BCUT2D eigenvalue weighted by Gasteiger charge is -2.34. The topological polar surface area (TPSA) is 96.0 Å². The molecule has 2 aromatic carbocycles. The van der Waals surface area contributed by atoms with Crippen LogP contribution < -0.4 is 15.0 Å². The van der Waals surface area contributed by atoms with Crippen LogP contribution in [0.5, 0.6) is 5.75 Å². The number of hydrogen-bond donors (Lipinski definition) is 1.